The zero-order chi connectivity index (χ0) is 16.7. The van der Waals surface area contributed by atoms with Gasteiger partial charge in [0.2, 0.25) is 0 Å². The van der Waals surface area contributed by atoms with Crippen molar-refractivity contribution >= 4 is 5.97 Å². The molecule has 2 aliphatic rings. The molecule has 0 saturated heterocycles. The van der Waals surface area contributed by atoms with Crippen molar-refractivity contribution < 1.29 is 27.8 Å². The second-order valence-corrected chi connectivity index (χ2v) is 7.60. The van der Waals surface area contributed by atoms with Crippen molar-refractivity contribution in [1.29, 1.82) is 0 Å². The molecular formula is C16H25F3O3. The predicted octanol–water partition coefficient (Wildman–Crippen LogP) is 3.69. The van der Waals surface area contributed by atoms with E-state index >= 15 is 0 Å². The Morgan fingerprint density at radius 3 is 2.41 bits per heavy atom. The van der Waals surface area contributed by atoms with Gasteiger partial charge in [-0.1, -0.05) is 13.8 Å². The van der Waals surface area contributed by atoms with E-state index < -0.39 is 11.8 Å². The lowest BCUT2D eigenvalue weighted by molar-refractivity contribution is -0.260. The summed E-state index contributed by atoms with van der Waals surface area (Å²) in [5, 5.41) is 9.69. The van der Waals surface area contributed by atoms with Crippen molar-refractivity contribution in [3.05, 3.63) is 0 Å². The Labute approximate surface area is 129 Å². The van der Waals surface area contributed by atoms with E-state index in [1.165, 1.54) is 0 Å². The highest BCUT2D eigenvalue weighted by molar-refractivity contribution is 5.69. The Balaban J connectivity index is 1.95. The van der Waals surface area contributed by atoms with Crippen LogP contribution in [0.3, 0.4) is 0 Å². The van der Waals surface area contributed by atoms with Gasteiger partial charge in [0.25, 0.3) is 0 Å². The van der Waals surface area contributed by atoms with Gasteiger partial charge in [-0.3, -0.25) is 4.79 Å². The van der Waals surface area contributed by atoms with Crippen LogP contribution in [0.1, 0.15) is 52.9 Å². The molecule has 6 heteroatoms. The topological polar surface area (TPSA) is 46.5 Å². The van der Waals surface area contributed by atoms with Crippen LogP contribution in [0.2, 0.25) is 0 Å². The SMILES string of the molecule is CC(C)CC(=O)OC1CC2CC(CC(C)(O)C(F)(F)F)C1C2. The van der Waals surface area contributed by atoms with Crippen molar-refractivity contribution in [1.82, 2.24) is 0 Å². The Bertz CT molecular complexity index is 417. The number of aliphatic hydroxyl groups is 1. The van der Waals surface area contributed by atoms with Crippen molar-refractivity contribution in [2.75, 3.05) is 0 Å². The van der Waals surface area contributed by atoms with Gasteiger partial charge < -0.3 is 9.84 Å². The summed E-state index contributed by atoms with van der Waals surface area (Å²) >= 11 is 0. The lowest BCUT2D eigenvalue weighted by atomic mass is 9.79. The van der Waals surface area contributed by atoms with E-state index in [-0.39, 0.29) is 36.2 Å². The first-order chi connectivity index (χ1) is 9.99. The maximum absolute atomic E-state index is 12.8. The van der Waals surface area contributed by atoms with Gasteiger partial charge in [0.05, 0.1) is 0 Å². The second-order valence-electron chi connectivity index (χ2n) is 7.60. The summed E-state index contributed by atoms with van der Waals surface area (Å²) in [6, 6.07) is 0. The molecule has 5 atom stereocenters. The van der Waals surface area contributed by atoms with Crippen LogP contribution in [-0.4, -0.2) is 29.0 Å². The molecule has 0 aromatic heterocycles. The number of fused-ring (bicyclic) bond motifs is 2. The number of hydrogen-bond donors (Lipinski definition) is 1. The lowest BCUT2D eigenvalue weighted by Gasteiger charge is -2.35. The van der Waals surface area contributed by atoms with Crippen LogP contribution in [0.4, 0.5) is 13.2 Å². The number of carbonyl (C=O) groups excluding carboxylic acids is 1. The molecule has 2 fully saturated rings. The monoisotopic (exact) mass is 322 g/mol. The number of rotatable bonds is 5. The second kappa shape index (κ2) is 6.02. The van der Waals surface area contributed by atoms with Gasteiger partial charge in [0, 0.05) is 6.42 Å². The first-order valence-electron chi connectivity index (χ1n) is 7.98. The maximum Gasteiger partial charge on any atom is 0.416 e. The molecule has 0 heterocycles. The van der Waals surface area contributed by atoms with Crippen LogP contribution in [0, 0.1) is 23.7 Å². The van der Waals surface area contributed by atoms with Gasteiger partial charge in [-0.15, -0.1) is 0 Å². The van der Waals surface area contributed by atoms with Gasteiger partial charge >= 0.3 is 12.1 Å². The molecule has 0 amide bonds. The van der Waals surface area contributed by atoms with Crippen molar-refractivity contribution in [2.24, 2.45) is 23.7 Å². The van der Waals surface area contributed by atoms with Crippen LogP contribution in [0.15, 0.2) is 0 Å². The quantitative estimate of drug-likeness (QED) is 0.785. The molecule has 0 aromatic rings. The van der Waals surface area contributed by atoms with E-state index in [9.17, 15) is 23.1 Å². The Morgan fingerprint density at radius 2 is 1.91 bits per heavy atom. The first kappa shape index (κ1) is 17.6. The first-order valence-corrected chi connectivity index (χ1v) is 7.98. The van der Waals surface area contributed by atoms with Crippen molar-refractivity contribution in [3.8, 4) is 0 Å². The van der Waals surface area contributed by atoms with Gasteiger partial charge in [-0.2, -0.15) is 13.2 Å². The summed E-state index contributed by atoms with van der Waals surface area (Å²) in [4.78, 5) is 11.8. The number of hydrogen-bond acceptors (Lipinski definition) is 3. The minimum Gasteiger partial charge on any atom is -0.462 e. The molecule has 5 unspecified atom stereocenters. The fourth-order valence-electron chi connectivity index (χ4n) is 3.97. The summed E-state index contributed by atoms with van der Waals surface area (Å²) in [5.74, 6) is -0.0280. The van der Waals surface area contributed by atoms with E-state index in [4.69, 9.17) is 4.74 Å². The molecule has 0 aliphatic heterocycles. The van der Waals surface area contributed by atoms with Crippen LogP contribution in [0.25, 0.3) is 0 Å². The average Bonchev–Trinajstić information content (AvgIpc) is 2.84. The van der Waals surface area contributed by atoms with E-state index in [0.29, 0.717) is 18.8 Å². The molecule has 0 radical (unpaired) electrons. The Hall–Kier alpha value is -0.780. The summed E-state index contributed by atoms with van der Waals surface area (Å²) in [6.07, 6.45) is -2.64. The fraction of sp³-hybridized carbons (Fsp3) is 0.938. The zero-order valence-electron chi connectivity index (χ0n) is 13.3. The largest absolute Gasteiger partial charge is 0.462 e. The van der Waals surface area contributed by atoms with Gasteiger partial charge in [0.1, 0.15) is 6.10 Å². The Kier molecular flexibility index (Phi) is 4.81. The molecule has 2 aliphatic carbocycles. The van der Waals surface area contributed by atoms with E-state index in [1.54, 1.807) is 0 Å². The van der Waals surface area contributed by atoms with Crippen LogP contribution in [-0.2, 0) is 9.53 Å². The van der Waals surface area contributed by atoms with Gasteiger partial charge in [-0.25, -0.2) is 0 Å². The van der Waals surface area contributed by atoms with Gasteiger partial charge in [0.15, 0.2) is 5.60 Å². The zero-order valence-corrected chi connectivity index (χ0v) is 13.3. The normalized spacial score (nSPS) is 34.0. The van der Waals surface area contributed by atoms with Crippen LogP contribution in [0.5, 0.6) is 0 Å². The molecule has 22 heavy (non-hydrogen) atoms. The molecule has 2 rings (SSSR count). The van der Waals surface area contributed by atoms with E-state index in [0.717, 1.165) is 19.8 Å². The third-order valence-electron chi connectivity index (χ3n) is 5.02. The Morgan fingerprint density at radius 1 is 1.27 bits per heavy atom. The molecule has 3 nitrogen and oxygen atoms in total. The summed E-state index contributed by atoms with van der Waals surface area (Å²) in [6.45, 7) is 4.68. The number of halogens is 3. The molecule has 0 aromatic carbocycles. The maximum atomic E-state index is 12.8. The number of alkyl halides is 3. The predicted molar refractivity (Wildman–Crippen MR) is 75.0 cm³/mol. The number of esters is 1. The van der Waals surface area contributed by atoms with Crippen LogP contribution >= 0.6 is 0 Å². The smallest absolute Gasteiger partial charge is 0.416 e. The molecule has 2 saturated carbocycles. The van der Waals surface area contributed by atoms with E-state index in [1.807, 2.05) is 13.8 Å². The minimum atomic E-state index is -4.63. The van der Waals surface area contributed by atoms with Crippen molar-refractivity contribution in [3.63, 3.8) is 0 Å². The van der Waals surface area contributed by atoms with E-state index in [2.05, 4.69) is 0 Å². The highest BCUT2D eigenvalue weighted by atomic mass is 19.4. The third kappa shape index (κ3) is 3.76. The minimum absolute atomic E-state index is 0.0464. The molecule has 0 spiro atoms. The van der Waals surface area contributed by atoms with Gasteiger partial charge in [-0.05, 0) is 56.3 Å². The third-order valence-corrected chi connectivity index (χ3v) is 5.02. The van der Waals surface area contributed by atoms with Crippen LogP contribution < -0.4 is 0 Å². The fourth-order valence-corrected chi connectivity index (χ4v) is 3.97. The lowest BCUT2D eigenvalue weighted by Crippen LogP contribution is -2.45. The highest BCUT2D eigenvalue weighted by Gasteiger charge is 2.55. The average molecular weight is 322 g/mol. The molecular weight excluding hydrogens is 297 g/mol. The summed E-state index contributed by atoms with van der Waals surface area (Å²) in [5.41, 5.74) is -2.67. The molecule has 128 valence electrons. The summed E-state index contributed by atoms with van der Waals surface area (Å²) in [7, 11) is 0. The van der Waals surface area contributed by atoms with Crippen molar-refractivity contribution in [2.45, 2.75) is 70.8 Å². The standard InChI is InChI=1S/C16H25F3O3/c1-9(2)4-14(20)22-13-7-10-5-11(12(13)6-10)8-15(3,21)16(17,18)19/h9-13,21H,4-8H2,1-3H3. The number of carbonyl (C=O) groups is 1. The summed E-state index contributed by atoms with van der Waals surface area (Å²) < 4.78 is 44.0. The molecule has 1 N–H and O–H groups in total. The highest BCUT2D eigenvalue weighted by Crippen LogP contribution is 2.53. The molecule has 2 bridgehead atoms. The number of ether oxygens (including phenoxy) is 1.